The molecule has 1 heterocycles. The van der Waals surface area contributed by atoms with E-state index in [0.29, 0.717) is 5.56 Å². The highest BCUT2D eigenvalue weighted by molar-refractivity contribution is 7.07. The lowest BCUT2D eigenvalue weighted by molar-refractivity contribution is -0.137. The fourth-order valence-corrected chi connectivity index (χ4v) is 2.91. The molecule has 1 aromatic carbocycles. The molecule has 0 spiro atoms. The first-order valence-corrected chi connectivity index (χ1v) is 7.95. The minimum atomic E-state index is -4.39. The van der Waals surface area contributed by atoms with E-state index in [9.17, 15) is 18.3 Å². The molecule has 2 N–H and O–H groups in total. The second kappa shape index (κ2) is 7.92. The van der Waals surface area contributed by atoms with E-state index in [2.05, 4.69) is 5.32 Å². The van der Waals surface area contributed by atoms with Crippen molar-refractivity contribution in [3.63, 3.8) is 0 Å². The summed E-state index contributed by atoms with van der Waals surface area (Å²) in [4.78, 5) is 0. The Bertz CT molecular complexity index is 602. The summed E-state index contributed by atoms with van der Waals surface area (Å²) in [5.74, 6) is 0. The minimum absolute atomic E-state index is 0.206. The van der Waals surface area contributed by atoms with Crippen LogP contribution in [0.5, 0.6) is 0 Å². The third kappa shape index (κ3) is 5.04. The second-order valence-electron chi connectivity index (χ2n) is 5.11. The van der Waals surface area contributed by atoms with Gasteiger partial charge in [0.2, 0.25) is 0 Å². The van der Waals surface area contributed by atoms with Crippen LogP contribution >= 0.6 is 11.3 Å². The molecular formula is C16H18F3NO2S. The topological polar surface area (TPSA) is 41.5 Å². The number of benzene rings is 1. The van der Waals surface area contributed by atoms with Crippen LogP contribution in [0.4, 0.5) is 13.2 Å². The molecular weight excluding hydrogens is 327 g/mol. The maximum absolute atomic E-state index is 12.8. The van der Waals surface area contributed by atoms with E-state index in [-0.39, 0.29) is 13.2 Å². The van der Waals surface area contributed by atoms with Crippen molar-refractivity contribution in [2.75, 3.05) is 20.3 Å². The van der Waals surface area contributed by atoms with Crippen molar-refractivity contribution in [1.29, 1.82) is 0 Å². The molecule has 0 aliphatic carbocycles. The average molecular weight is 345 g/mol. The highest BCUT2D eigenvalue weighted by Gasteiger charge is 2.31. The molecule has 23 heavy (non-hydrogen) atoms. The fourth-order valence-electron chi connectivity index (χ4n) is 2.21. The highest BCUT2D eigenvalue weighted by Crippen LogP contribution is 2.31. The van der Waals surface area contributed by atoms with Crippen LogP contribution in [0.25, 0.3) is 0 Å². The molecule has 2 aromatic rings. The first-order chi connectivity index (χ1) is 10.9. The Morgan fingerprint density at radius 2 is 2.04 bits per heavy atom. The average Bonchev–Trinajstić information content (AvgIpc) is 3.05. The van der Waals surface area contributed by atoms with Crippen LogP contribution in [-0.4, -0.2) is 25.4 Å². The van der Waals surface area contributed by atoms with E-state index in [1.807, 2.05) is 16.8 Å². The Balaban J connectivity index is 2.09. The second-order valence-corrected chi connectivity index (χ2v) is 5.89. The number of rotatable bonds is 7. The quantitative estimate of drug-likeness (QED) is 0.802. The molecule has 3 nitrogen and oxygen atoms in total. The van der Waals surface area contributed by atoms with Crippen molar-refractivity contribution < 1.29 is 23.0 Å². The number of nitrogens with one attached hydrogen (secondary N) is 1. The number of hydrogen-bond acceptors (Lipinski definition) is 4. The molecule has 2 atom stereocenters. The fraction of sp³-hybridized carbons (Fsp3) is 0.375. The van der Waals surface area contributed by atoms with Crippen molar-refractivity contribution in [3.8, 4) is 0 Å². The number of ether oxygens (including phenoxy) is 1. The van der Waals surface area contributed by atoms with E-state index in [0.717, 1.165) is 17.7 Å². The summed E-state index contributed by atoms with van der Waals surface area (Å²) in [6, 6.07) is 6.50. The van der Waals surface area contributed by atoms with Gasteiger partial charge in [-0.05, 0) is 40.1 Å². The largest absolute Gasteiger partial charge is 0.416 e. The lowest BCUT2D eigenvalue weighted by Gasteiger charge is -2.21. The predicted octanol–water partition coefficient (Wildman–Crippen LogP) is 3.78. The summed E-state index contributed by atoms with van der Waals surface area (Å²) in [6.07, 6.45) is -5.10. The van der Waals surface area contributed by atoms with E-state index in [1.54, 1.807) is 6.07 Å². The van der Waals surface area contributed by atoms with Gasteiger partial charge in [-0.15, -0.1) is 0 Å². The van der Waals surface area contributed by atoms with Gasteiger partial charge in [0.1, 0.15) is 0 Å². The van der Waals surface area contributed by atoms with Gasteiger partial charge in [0.25, 0.3) is 0 Å². The minimum Gasteiger partial charge on any atom is -0.387 e. The summed E-state index contributed by atoms with van der Waals surface area (Å²) in [5, 5.41) is 16.8. The lowest BCUT2D eigenvalue weighted by Crippen LogP contribution is -2.29. The molecule has 0 bridgehead atoms. The van der Waals surface area contributed by atoms with Crippen molar-refractivity contribution in [1.82, 2.24) is 5.32 Å². The van der Waals surface area contributed by atoms with Crippen LogP contribution in [0, 0.1) is 0 Å². The monoisotopic (exact) mass is 345 g/mol. The van der Waals surface area contributed by atoms with Gasteiger partial charge < -0.3 is 15.2 Å². The molecule has 0 fully saturated rings. The summed E-state index contributed by atoms with van der Waals surface area (Å²) in [7, 11) is 1.48. The molecule has 0 radical (unpaired) electrons. The molecule has 0 saturated carbocycles. The van der Waals surface area contributed by atoms with E-state index in [1.165, 1.54) is 24.5 Å². The summed E-state index contributed by atoms with van der Waals surface area (Å²) in [6.45, 7) is 0.429. The molecule has 2 rings (SSSR count). The first-order valence-electron chi connectivity index (χ1n) is 7.01. The first kappa shape index (κ1) is 17.9. The van der Waals surface area contributed by atoms with Gasteiger partial charge in [-0.2, -0.15) is 24.5 Å². The third-order valence-electron chi connectivity index (χ3n) is 3.44. The Morgan fingerprint density at radius 3 is 2.65 bits per heavy atom. The van der Waals surface area contributed by atoms with Gasteiger partial charge >= 0.3 is 6.18 Å². The summed E-state index contributed by atoms with van der Waals surface area (Å²) >= 11 is 1.48. The molecule has 0 aliphatic heterocycles. The van der Waals surface area contributed by atoms with Crippen LogP contribution < -0.4 is 5.32 Å². The number of halogens is 3. The van der Waals surface area contributed by atoms with Crippen molar-refractivity contribution in [2.45, 2.75) is 18.3 Å². The Morgan fingerprint density at radius 1 is 1.26 bits per heavy atom. The highest BCUT2D eigenvalue weighted by atomic mass is 32.1. The Kier molecular flexibility index (Phi) is 6.17. The zero-order chi connectivity index (χ0) is 16.9. The third-order valence-corrected chi connectivity index (χ3v) is 4.14. The standard InChI is InChI=1S/C16H18F3NO2S/c1-22-9-14(20-8-15(21)12-5-6-23-10-12)11-3-2-4-13(7-11)16(17,18)19/h2-7,10,14-15,20-21H,8-9H2,1H3. The smallest absolute Gasteiger partial charge is 0.387 e. The lowest BCUT2D eigenvalue weighted by atomic mass is 10.0. The van der Waals surface area contributed by atoms with Crippen LogP contribution in [-0.2, 0) is 10.9 Å². The molecule has 2 unspecified atom stereocenters. The van der Waals surface area contributed by atoms with Gasteiger partial charge in [0.15, 0.2) is 0 Å². The maximum atomic E-state index is 12.8. The molecule has 0 amide bonds. The van der Waals surface area contributed by atoms with Gasteiger partial charge in [-0.3, -0.25) is 0 Å². The van der Waals surface area contributed by atoms with Crippen molar-refractivity contribution in [3.05, 3.63) is 57.8 Å². The number of aliphatic hydroxyl groups is 1. The zero-order valence-electron chi connectivity index (χ0n) is 12.5. The number of thiophene rings is 1. The number of methoxy groups -OCH3 is 1. The Hall–Kier alpha value is -1.41. The van der Waals surface area contributed by atoms with E-state index in [4.69, 9.17) is 4.74 Å². The normalized spacial score (nSPS) is 14.7. The predicted molar refractivity (Wildman–Crippen MR) is 83.3 cm³/mol. The van der Waals surface area contributed by atoms with Gasteiger partial charge in [0.05, 0.1) is 24.3 Å². The van der Waals surface area contributed by atoms with Crippen LogP contribution in [0.15, 0.2) is 41.1 Å². The van der Waals surface area contributed by atoms with Crippen LogP contribution in [0.2, 0.25) is 0 Å². The van der Waals surface area contributed by atoms with Gasteiger partial charge in [-0.1, -0.05) is 12.1 Å². The van der Waals surface area contributed by atoms with Crippen molar-refractivity contribution in [2.24, 2.45) is 0 Å². The summed E-state index contributed by atoms with van der Waals surface area (Å²) < 4.78 is 43.6. The van der Waals surface area contributed by atoms with Crippen molar-refractivity contribution >= 4 is 11.3 Å². The summed E-state index contributed by atoms with van der Waals surface area (Å²) in [5.41, 5.74) is 0.554. The van der Waals surface area contributed by atoms with Gasteiger partial charge in [0, 0.05) is 13.7 Å². The maximum Gasteiger partial charge on any atom is 0.416 e. The van der Waals surface area contributed by atoms with E-state index < -0.39 is 23.9 Å². The molecule has 126 valence electrons. The van der Waals surface area contributed by atoms with Gasteiger partial charge in [-0.25, -0.2) is 0 Å². The van der Waals surface area contributed by atoms with Crippen LogP contribution in [0.3, 0.4) is 0 Å². The molecule has 7 heteroatoms. The SMILES string of the molecule is COCC(NCC(O)c1ccsc1)c1cccc(C(F)(F)F)c1. The zero-order valence-corrected chi connectivity index (χ0v) is 13.3. The number of hydrogen-bond donors (Lipinski definition) is 2. The molecule has 0 saturated heterocycles. The molecule has 0 aliphatic rings. The number of aliphatic hydroxyl groups excluding tert-OH is 1. The van der Waals surface area contributed by atoms with Crippen LogP contribution in [0.1, 0.15) is 28.8 Å². The Labute approximate surface area is 136 Å². The van der Waals surface area contributed by atoms with E-state index >= 15 is 0 Å². The molecule has 1 aromatic heterocycles. The number of alkyl halides is 3.